The van der Waals surface area contributed by atoms with E-state index in [2.05, 4.69) is 50.8 Å². The van der Waals surface area contributed by atoms with Crippen molar-refractivity contribution in [3.05, 3.63) is 34.3 Å². The second-order valence-corrected chi connectivity index (χ2v) is 5.59. The molecule has 1 fully saturated rings. The van der Waals surface area contributed by atoms with Crippen molar-refractivity contribution in [2.75, 3.05) is 26.2 Å². The molecule has 0 aliphatic carbocycles. The van der Waals surface area contributed by atoms with Gasteiger partial charge in [-0.1, -0.05) is 34.1 Å². The van der Waals surface area contributed by atoms with Gasteiger partial charge in [0.25, 0.3) is 0 Å². The molecule has 1 heterocycles. The lowest BCUT2D eigenvalue weighted by Gasteiger charge is -2.09. The van der Waals surface area contributed by atoms with Gasteiger partial charge in [-0.3, -0.25) is 0 Å². The Balaban J connectivity index is 1.58. The smallest absolute Gasteiger partial charge is 0.0207 e. The van der Waals surface area contributed by atoms with Crippen LogP contribution >= 0.6 is 15.9 Å². The molecule has 94 valence electrons. The molecule has 0 aromatic heterocycles. The van der Waals surface area contributed by atoms with E-state index in [1.165, 1.54) is 36.0 Å². The molecule has 1 saturated heterocycles. The minimum Gasteiger partial charge on any atom is -0.316 e. The first-order chi connectivity index (χ1) is 8.36. The van der Waals surface area contributed by atoms with Crippen molar-refractivity contribution in [1.29, 1.82) is 0 Å². The lowest BCUT2D eigenvalue weighted by molar-refractivity contribution is 0.501. The SMILES string of the molecule is Brc1ccccc1CCNCCC1CCNC1. The molecule has 1 aliphatic heterocycles. The summed E-state index contributed by atoms with van der Waals surface area (Å²) in [7, 11) is 0. The third kappa shape index (κ3) is 4.41. The predicted molar refractivity (Wildman–Crippen MR) is 76.3 cm³/mol. The van der Waals surface area contributed by atoms with Gasteiger partial charge in [-0.2, -0.15) is 0 Å². The molecule has 1 unspecified atom stereocenters. The van der Waals surface area contributed by atoms with E-state index in [1.807, 2.05) is 0 Å². The molecule has 17 heavy (non-hydrogen) atoms. The van der Waals surface area contributed by atoms with Gasteiger partial charge < -0.3 is 10.6 Å². The molecule has 0 bridgehead atoms. The maximum atomic E-state index is 3.58. The van der Waals surface area contributed by atoms with Crippen LogP contribution in [-0.4, -0.2) is 26.2 Å². The molecule has 2 rings (SSSR count). The molecule has 1 aromatic rings. The van der Waals surface area contributed by atoms with Crippen LogP contribution in [0.15, 0.2) is 28.7 Å². The first kappa shape index (κ1) is 13.1. The Labute approximate surface area is 112 Å². The first-order valence-corrected chi connectivity index (χ1v) is 7.30. The fourth-order valence-electron chi connectivity index (χ4n) is 2.32. The van der Waals surface area contributed by atoms with E-state index in [4.69, 9.17) is 0 Å². The Bertz CT molecular complexity index is 335. The molecule has 1 atom stereocenters. The molecule has 0 saturated carbocycles. The molecule has 1 aromatic carbocycles. The van der Waals surface area contributed by atoms with Gasteiger partial charge in [-0.05, 0) is 63.0 Å². The first-order valence-electron chi connectivity index (χ1n) is 6.51. The third-order valence-corrected chi connectivity index (χ3v) is 4.19. The summed E-state index contributed by atoms with van der Waals surface area (Å²) < 4.78 is 1.22. The standard InChI is InChI=1S/C14H21BrN2/c15-14-4-2-1-3-13(14)7-10-16-8-5-12-6-9-17-11-12/h1-4,12,16-17H,5-11H2. The van der Waals surface area contributed by atoms with Gasteiger partial charge in [-0.15, -0.1) is 0 Å². The minimum atomic E-state index is 0.894. The predicted octanol–water partition coefficient (Wildman–Crippen LogP) is 2.58. The van der Waals surface area contributed by atoms with Crippen LogP contribution < -0.4 is 10.6 Å². The molecular weight excluding hydrogens is 276 g/mol. The van der Waals surface area contributed by atoms with Crippen molar-refractivity contribution in [2.24, 2.45) is 5.92 Å². The number of hydrogen-bond donors (Lipinski definition) is 2. The summed E-state index contributed by atoms with van der Waals surface area (Å²) in [6, 6.07) is 8.46. The van der Waals surface area contributed by atoms with Crippen LogP contribution in [0.4, 0.5) is 0 Å². The maximum absolute atomic E-state index is 3.58. The highest BCUT2D eigenvalue weighted by Crippen LogP contribution is 2.16. The summed E-state index contributed by atoms with van der Waals surface area (Å²) in [4.78, 5) is 0. The van der Waals surface area contributed by atoms with Gasteiger partial charge in [0.2, 0.25) is 0 Å². The van der Waals surface area contributed by atoms with Gasteiger partial charge >= 0.3 is 0 Å². The van der Waals surface area contributed by atoms with Gasteiger partial charge in [0.1, 0.15) is 0 Å². The Morgan fingerprint density at radius 3 is 2.94 bits per heavy atom. The fourth-order valence-corrected chi connectivity index (χ4v) is 2.80. The van der Waals surface area contributed by atoms with Crippen LogP contribution in [0.1, 0.15) is 18.4 Å². The van der Waals surface area contributed by atoms with Crippen molar-refractivity contribution in [3.63, 3.8) is 0 Å². The molecule has 3 heteroatoms. The molecule has 0 amide bonds. The number of halogens is 1. The lowest BCUT2D eigenvalue weighted by Crippen LogP contribution is -2.21. The summed E-state index contributed by atoms with van der Waals surface area (Å²) in [6.07, 6.45) is 3.76. The Hall–Kier alpha value is -0.380. The zero-order valence-corrected chi connectivity index (χ0v) is 11.8. The van der Waals surface area contributed by atoms with Crippen molar-refractivity contribution >= 4 is 15.9 Å². The van der Waals surface area contributed by atoms with Crippen LogP contribution in [0, 0.1) is 5.92 Å². The summed E-state index contributed by atoms with van der Waals surface area (Å²) in [6.45, 7) is 4.65. The van der Waals surface area contributed by atoms with Crippen LogP contribution in [-0.2, 0) is 6.42 Å². The van der Waals surface area contributed by atoms with Crippen molar-refractivity contribution in [1.82, 2.24) is 10.6 Å². The topological polar surface area (TPSA) is 24.1 Å². The van der Waals surface area contributed by atoms with Crippen LogP contribution in [0.3, 0.4) is 0 Å². The van der Waals surface area contributed by atoms with E-state index in [0.29, 0.717) is 0 Å². The van der Waals surface area contributed by atoms with Gasteiger partial charge in [0.05, 0.1) is 0 Å². The molecule has 1 aliphatic rings. The molecule has 0 spiro atoms. The highest BCUT2D eigenvalue weighted by Gasteiger charge is 2.12. The molecule has 0 radical (unpaired) electrons. The fraction of sp³-hybridized carbons (Fsp3) is 0.571. The number of hydrogen-bond acceptors (Lipinski definition) is 2. The number of nitrogens with one attached hydrogen (secondary N) is 2. The molecular formula is C14H21BrN2. The van der Waals surface area contributed by atoms with Crippen molar-refractivity contribution < 1.29 is 0 Å². The van der Waals surface area contributed by atoms with Crippen LogP contribution in [0.25, 0.3) is 0 Å². The summed E-state index contributed by atoms with van der Waals surface area (Å²) in [5.74, 6) is 0.894. The zero-order valence-electron chi connectivity index (χ0n) is 10.2. The minimum absolute atomic E-state index is 0.894. The normalized spacial score (nSPS) is 19.7. The summed E-state index contributed by atoms with van der Waals surface area (Å²) in [5.41, 5.74) is 1.39. The maximum Gasteiger partial charge on any atom is 0.0207 e. The van der Waals surface area contributed by atoms with E-state index < -0.39 is 0 Å². The van der Waals surface area contributed by atoms with Gasteiger partial charge in [-0.25, -0.2) is 0 Å². The van der Waals surface area contributed by atoms with Crippen molar-refractivity contribution in [2.45, 2.75) is 19.3 Å². The van der Waals surface area contributed by atoms with Crippen molar-refractivity contribution in [3.8, 4) is 0 Å². The monoisotopic (exact) mass is 296 g/mol. The summed E-state index contributed by atoms with van der Waals surface area (Å²) >= 11 is 3.58. The number of rotatable bonds is 6. The molecule has 2 nitrogen and oxygen atoms in total. The Morgan fingerprint density at radius 2 is 2.18 bits per heavy atom. The molecule has 2 N–H and O–H groups in total. The average Bonchev–Trinajstić information content (AvgIpc) is 2.84. The van der Waals surface area contributed by atoms with E-state index in [0.717, 1.165) is 25.4 Å². The Morgan fingerprint density at radius 1 is 1.29 bits per heavy atom. The largest absolute Gasteiger partial charge is 0.316 e. The second kappa shape index (κ2) is 7.14. The van der Waals surface area contributed by atoms with E-state index in [9.17, 15) is 0 Å². The average molecular weight is 297 g/mol. The van der Waals surface area contributed by atoms with E-state index >= 15 is 0 Å². The Kier molecular flexibility index (Phi) is 5.49. The van der Waals surface area contributed by atoms with Gasteiger partial charge in [0.15, 0.2) is 0 Å². The van der Waals surface area contributed by atoms with Crippen LogP contribution in [0.2, 0.25) is 0 Å². The van der Waals surface area contributed by atoms with E-state index in [1.54, 1.807) is 0 Å². The third-order valence-electron chi connectivity index (χ3n) is 3.42. The summed E-state index contributed by atoms with van der Waals surface area (Å²) in [5, 5.41) is 6.95. The lowest BCUT2D eigenvalue weighted by atomic mass is 10.1. The quantitative estimate of drug-likeness (QED) is 0.789. The van der Waals surface area contributed by atoms with Crippen LogP contribution in [0.5, 0.6) is 0 Å². The van der Waals surface area contributed by atoms with E-state index in [-0.39, 0.29) is 0 Å². The highest BCUT2D eigenvalue weighted by atomic mass is 79.9. The van der Waals surface area contributed by atoms with Gasteiger partial charge in [0, 0.05) is 4.47 Å². The zero-order chi connectivity index (χ0) is 11.9. The second-order valence-electron chi connectivity index (χ2n) is 4.74. The number of benzene rings is 1. The highest BCUT2D eigenvalue weighted by molar-refractivity contribution is 9.10.